The van der Waals surface area contributed by atoms with Crippen LogP contribution in [0.15, 0.2) is 0 Å². The number of morpholine rings is 1. The van der Waals surface area contributed by atoms with E-state index in [1.165, 1.54) is 38.5 Å². The summed E-state index contributed by atoms with van der Waals surface area (Å²) < 4.78 is 5.55. The highest BCUT2D eigenvalue weighted by atomic mass is 16.5. The van der Waals surface area contributed by atoms with Gasteiger partial charge in [0.05, 0.1) is 13.2 Å². The molecule has 20 heavy (non-hydrogen) atoms. The van der Waals surface area contributed by atoms with Crippen molar-refractivity contribution in [1.29, 1.82) is 0 Å². The average Bonchev–Trinajstić information content (AvgIpc) is 3.32. The molecular weight excluding hydrogens is 248 g/mol. The molecule has 118 valence electrons. The van der Waals surface area contributed by atoms with Crippen LogP contribution in [0.5, 0.6) is 0 Å². The Morgan fingerprint density at radius 2 is 1.95 bits per heavy atom. The molecule has 2 aliphatic rings. The van der Waals surface area contributed by atoms with Crippen molar-refractivity contribution >= 4 is 0 Å². The first-order valence-electron chi connectivity index (χ1n) is 8.77. The van der Waals surface area contributed by atoms with Crippen molar-refractivity contribution in [3.8, 4) is 0 Å². The molecule has 1 heterocycles. The number of hydrogen-bond donors (Lipinski definition) is 1. The molecule has 0 amide bonds. The van der Waals surface area contributed by atoms with Crippen molar-refractivity contribution in [2.75, 3.05) is 32.8 Å². The molecule has 1 aliphatic heterocycles. The van der Waals surface area contributed by atoms with Crippen LogP contribution in [0.2, 0.25) is 0 Å². The molecule has 0 bridgehead atoms. The van der Waals surface area contributed by atoms with Gasteiger partial charge in [-0.2, -0.15) is 0 Å². The molecule has 2 fully saturated rings. The van der Waals surface area contributed by atoms with Crippen LogP contribution < -0.4 is 5.32 Å². The number of ether oxygens (including phenoxy) is 1. The highest BCUT2D eigenvalue weighted by Gasteiger charge is 2.39. The zero-order valence-corrected chi connectivity index (χ0v) is 13.8. The molecule has 0 spiro atoms. The van der Waals surface area contributed by atoms with Crippen molar-refractivity contribution in [3.63, 3.8) is 0 Å². The molecule has 0 radical (unpaired) electrons. The number of nitrogens with zero attached hydrogens (tertiary/aromatic N) is 1. The molecule has 1 N–H and O–H groups in total. The largest absolute Gasteiger partial charge is 0.379 e. The van der Waals surface area contributed by atoms with Crippen LogP contribution in [0.1, 0.15) is 59.3 Å². The average molecular weight is 282 g/mol. The maximum atomic E-state index is 5.55. The van der Waals surface area contributed by atoms with Crippen LogP contribution in [-0.2, 0) is 4.74 Å². The van der Waals surface area contributed by atoms with Gasteiger partial charge in [-0.25, -0.2) is 0 Å². The van der Waals surface area contributed by atoms with Crippen LogP contribution in [-0.4, -0.2) is 49.3 Å². The zero-order chi connectivity index (χ0) is 14.4. The summed E-state index contributed by atoms with van der Waals surface area (Å²) in [5.41, 5.74) is 0.286. The van der Waals surface area contributed by atoms with E-state index in [9.17, 15) is 0 Å². The van der Waals surface area contributed by atoms with Gasteiger partial charge in [-0.05, 0) is 45.1 Å². The summed E-state index contributed by atoms with van der Waals surface area (Å²) in [4.78, 5) is 2.68. The fourth-order valence-corrected chi connectivity index (χ4v) is 3.52. The monoisotopic (exact) mass is 282 g/mol. The maximum Gasteiger partial charge on any atom is 0.0594 e. The Bertz CT molecular complexity index is 274. The number of nitrogens with one attached hydrogen (secondary N) is 1. The van der Waals surface area contributed by atoms with E-state index in [4.69, 9.17) is 4.74 Å². The molecule has 3 nitrogen and oxygen atoms in total. The van der Waals surface area contributed by atoms with Crippen LogP contribution in [0.25, 0.3) is 0 Å². The van der Waals surface area contributed by atoms with E-state index < -0.39 is 0 Å². The van der Waals surface area contributed by atoms with E-state index in [2.05, 4.69) is 31.0 Å². The molecule has 0 aromatic heterocycles. The molecule has 1 aliphatic carbocycles. The predicted molar refractivity (Wildman–Crippen MR) is 85.1 cm³/mol. The lowest BCUT2D eigenvalue weighted by molar-refractivity contribution is -0.0337. The second kappa shape index (κ2) is 7.77. The van der Waals surface area contributed by atoms with Crippen molar-refractivity contribution in [2.45, 2.75) is 70.9 Å². The Balaban J connectivity index is 1.98. The summed E-state index contributed by atoms with van der Waals surface area (Å²) in [6, 6.07) is 0.631. The first-order chi connectivity index (χ1) is 9.70. The fraction of sp³-hybridized carbons (Fsp3) is 1.00. The van der Waals surface area contributed by atoms with E-state index in [1.807, 2.05) is 0 Å². The van der Waals surface area contributed by atoms with Gasteiger partial charge in [0.1, 0.15) is 0 Å². The van der Waals surface area contributed by atoms with Crippen molar-refractivity contribution in [3.05, 3.63) is 0 Å². The van der Waals surface area contributed by atoms with Crippen molar-refractivity contribution < 1.29 is 4.74 Å². The molecule has 1 saturated heterocycles. The highest BCUT2D eigenvalue weighted by molar-refractivity contribution is 4.97. The third-order valence-electron chi connectivity index (χ3n) is 5.40. The number of hydrogen-bond acceptors (Lipinski definition) is 3. The van der Waals surface area contributed by atoms with Gasteiger partial charge in [0.25, 0.3) is 0 Å². The first-order valence-corrected chi connectivity index (χ1v) is 8.77. The fourth-order valence-electron chi connectivity index (χ4n) is 3.52. The van der Waals surface area contributed by atoms with Gasteiger partial charge in [-0.1, -0.05) is 26.7 Å². The SMILES string of the molecule is CCCNC(CCC1CC1)C(C)(CC)N1CCOCC1. The van der Waals surface area contributed by atoms with Gasteiger partial charge in [-0.15, -0.1) is 0 Å². The summed E-state index contributed by atoms with van der Waals surface area (Å²) in [6.07, 6.45) is 8.15. The maximum absolute atomic E-state index is 5.55. The summed E-state index contributed by atoms with van der Waals surface area (Å²) in [5, 5.41) is 3.86. The van der Waals surface area contributed by atoms with Crippen LogP contribution in [0, 0.1) is 5.92 Å². The normalized spacial score (nSPS) is 25.4. The minimum atomic E-state index is 0.286. The van der Waals surface area contributed by atoms with E-state index in [-0.39, 0.29) is 5.54 Å². The molecule has 0 aromatic rings. The molecule has 2 rings (SSSR count). The summed E-state index contributed by atoms with van der Waals surface area (Å²) in [6.45, 7) is 12.2. The summed E-state index contributed by atoms with van der Waals surface area (Å²) in [5.74, 6) is 1.03. The molecule has 1 saturated carbocycles. The molecule has 3 heteroatoms. The number of rotatable bonds is 9. The van der Waals surface area contributed by atoms with E-state index in [1.54, 1.807) is 0 Å². The lowest BCUT2D eigenvalue weighted by Gasteiger charge is -2.48. The third kappa shape index (κ3) is 4.19. The van der Waals surface area contributed by atoms with E-state index in [0.29, 0.717) is 6.04 Å². The molecule has 2 unspecified atom stereocenters. The predicted octanol–water partition coefficient (Wildman–Crippen LogP) is 3.05. The minimum Gasteiger partial charge on any atom is -0.379 e. The minimum absolute atomic E-state index is 0.286. The van der Waals surface area contributed by atoms with Crippen LogP contribution in [0.3, 0.4) is 0 Å². The molecule has 2 atom stereocenters. The Kier molecular flexibility index (Phi) is 6.31. The Labute approximate surface area is 125 Å². The molecular formula is C17H34N2O. The van der Waals surface area contributed by atoms with Gasteiger partial charge in [-0.3, -0.25) is 4.90 Å². The Hall–Kier alpha value is -0.120. The lowest BCUT2D eigenvalue weighted by Crippen LogP contribution is -2.61. The van der Waals surface area contributed by atoms with E-state index in [0.717, 1.165) is 38.8 Å². The standard InChI is InChI=1S/C17H34N2O/c1-4-10-18-16(9-8-15-6-7-15)17(3,5-2)19-11-13-20-14-12-19/h15-16,18H,4-14H2,1-3H3. The van der Waals surface area contributed by atoms with Crippen LogP contribution >= 0.6 is 0 Å². The quantitative estimate of drug-likeness (QED) is 0.703. The third-order valence-corrected chi connectivity index (χ3v) is 5.40. The second-order valence-corrected chi connectivity index (χ2v) is 6.84. The van der Waals surface area contributed by atoms with E-state index >= 15 is 0 Å². The van der Waals surface area contributed by atoms with Gasteiger partial charge < -0.3 is 10.1 Å². The summed E-state index contributed by atoms with van der Waals surface area (Å²) >= 11 is 0. The first kappa shape index (κ1) is 16.3. The summed E-state index contributed by atoms with van der Waals surface area (Å²) in [7, 11) is 0. The van der Waals surface area contributed by atoms with Crippen LogP contribution in [0.4, 0.5) is 0 Å². The second-order valence-electron chi connectivity index (χ2n) is 6.84. The van der Waals surface area contributed by atoms with Crippen molar-refractivity contribution in [2.24, 2.45) is 5.92 Å². The van der Waals surface area contributed by atoms with Gasteiger partial charge in [0.15, 0.2) is 0 Å². The van der Waals surface area contributed by atoms with Gasteiger partial charge >= 0.3 is 0 Å². The topological polar surface area (TPSA) is 24.5 Å². The highest BCUT2D eigenvalue weighted by Crippen LogP contribution is 2.36. The smallest absolute Gasteiger partial charge is 0.0594 e. The van der Waals surface area contributed by atoms with Gasteiger partial charge in [0, 0.05) is 24.7 Å². The van der Waals surface area contributed by atoms with Crippen molar-refractivity contribution in [1.82, 2.24) is 10.2 Å². The Morgan fingerprint density at radius 1 is 1.25 bits per heavy atom. The lowest BCUT2D eigenvalue weighted by atomic mass is 9.83. The Morgan fingerprint density at radius 3 is 2.50 bits per heavy atom. The molecule has 0 aromatic carbocycles. The zero-order valence-electron chi connectivity index (χ0n) is 13.8. The van der Waals surface area contributed by atoms with Gasteiger partial charge in [0.2, 0.25) is 0 Å².